The van der Waals surface area contributed by atoms with Gasteiger partial charge in [-0.3, -0.25) is 19.0 Å². The van der Waals surface area contributed by atoms with Crippen LogP contribution in [0, 0.1) is 6.92 Å². The molecule has 0 unspecified atom stereocenters. The lowest BCUT2D eigenvalue weighted by Gasteiger charge is -2.15. The summed E-state index contributed by atoms with van der Waals surface area (Å²) in [5, 5.41) is 3.32. The molecule has 1 aliphatic rings. The first-order valence-corrected chi connectivity index (χ1v) is 10.1. The minimum absolute atomic E-state index is 0.0569. The monoisotopic (exact) mass is 404 g/mol. The molecule has 1 aromatic heterocycles. The first-order valence-electron chi connectivity index (χ1n) is 10.1. The molecule has 2 amide bonds. The highest BCUT2D eigenvalue weighted by Gasteiger charge is 2.19. The highest BCUT2D eigenvalue weighted by molar-refractivity contribution is 5.94. The number of carbonyl (C=O) groups excluding carboxylic acids is 2. The van der Waals surface area contributed by atoms with Crippen molar-refractivity contribution in [1.29, 1.82) is 0 Å². The van der Waals surface area contributed by atoms with E-state index >= 15 is 0 Å². The Balaban J connectivity index is 1.37. The van der Waals surface area contributed by atoms with Crippen molar-refractivity contribution in [3.63, 3.8) is 0 Å². The van der Waals surface area contributed by atoms with E-state index in [2.05, 4.69) is 10.3 Å². The third-order valence-electron chi connectivity index (χ3n) is 5.38. The van der Waals surface area contributed by atoms with E-state index in [-0.39, 0.29) is 23.9 Å². The third kappa shape index (κ3) is 4.25. The van der Waals surface area contributed by atoms with Gasteiger partial charge in [0.05, 0.1) is 17.2 Å². The van der Waals surface area contributed by atoms with Gasteiger partial charge < -0.3 is 10.2 Å². The Morgan fingerprint density at radius 2 is 1.80 bits per heavy atom. The average molecular weight is 404 g/mol. The van der Waals surface area contributed by atoms with Crippen LogP contribution >= 0.6 is 0 Å². The Labute approximate surface area is 174 Å². The molecule has 30 heavy (non-hydrogen) atoms. The number of amides is 2. The van der Waals surface area contributed by atoms with Gasteiger partial charge in [0.2, 0.25) is 5.91 Å². The molecule has 1 aliphatic heterocycles. The molecule has 154 valence electrons. The van der Waals surface area contributed by atoms with Crippen molar-refractivity contribution < 1.29 is 9.59 Å². The molecule has 3 aromatic rings. The largest absolute Gasteiger partial charge is 0.350 e. The van der Waals surface area contributed by atoms with Crippen LogP contribution in [0.15, 0.2) is 53.6 Å². The zero-order valence-corrected chi connectivity index (χ0v) is 16.9. The fraction of sp³-hybridized carbons (Fsp3) is 0.304. The molecule has 0 radical (unpaired) electrons. The SMILES string of the molecule is Cc1ccc2ncn(CC(=O)NCc3ccc(C(=O)N4CCCC4)cc3)c(=O)c2c1. The van der Waals surface area contributed by atoms with Crippen molar-refractivity contribution in [3.8, 4) is 0 Å². The van der Waals surface area contributed by atoms with Crippen molar-refractivity contribution in [3.05, 3.63) is 75.8 Å². The van der Waals surface area contributed by atoms with Crippen LogP contribution in [0.1, 0.15) is 34.3 Å². The number of carbonyl (C=O) groups is 2. The zero-order chi connectivity index (χ0) is 21.1. The highest BCUT2D eigenvalue weighted by Crippen LogP contribution is 2.14. The van der Waals surface area contributed by atoms with Gasteiger partial charge in [0.1, 0.15) is 6.54 Å². The van der Waals surface area contributed by atoms with Gasteiger partial charge in [0.15, 0.2) is 0 Å². The summed E-state index contributed by atoms with van der Waals surface area (Å²) < 4.78 is 1.31. The summed E-state index contributed by atoms with van der Waals surface area (Å²) in [6.45, 7) is 3.78. The van der Waals surface area contributed by atoms with Crippen LogP contribution < -0.4 is 10.9 Å². The lowest BCUT2D eigenvalue weighted by Crippen LogP contribution is -2.32. The second-order valence-electron chi connectivity index (χ2n) is 7.67. The summed E-state index contributed by atoms with van der Waals surface area (Å²) in [6.07, 6.45) is 3.52. The minimum atomic E-state index is -0.275. The molecule has 0 aliphatic carbocycles. The zero-order valence-electron chi connectivity index (χ0n) is 16.9. The standard InChI is InChI=1S/C23H24N4O3/c1-16-4-9-20-19(12-16)23(30)27(15-25-20)14-21(28)24-13-17-5-7-18(8-6-17)22(29)26-10-2-3-11-26/h4-9,12,15H,2-3,10-11,13-14H2,1H3,(H,24,28). The molecule has 1 fully saturated rings. The summed E-state index contributed by atoms with van der Waals surface area (Å²) in [5.74, 6) is -0.218. The minimum Gasteiger partial charge on any atom is -0.350 e. The van der Waals surface area contributed by atoms with Gasteiger partial charge in [-0.1, -0.05) is 23.8 Å². The van der Waals surface area contributed by atoms with Crippen molar-refractivity contribution in [1.82, 2.24) is 19.8 Å². The van der Waals surface area contributed by atoms with Crippen LogP contribution in [0.2, 0.25) is 0 Å². The molecule has 1 saturated heterocycles. The van der Waals surface area contributed by atoms with Gasteiger partial charge in [-0.25, -0.2) is 4.98 Å². The highest BCUT2D eigenvalue weighted by atomic mass is 16.2. The second kappa shape index (κ2) is 8.49. The molecule has 2 heterocycles. The van der Waals surface area contributed by atoms with Crippen molar-refractivity contribution >= 4 is 22.7 Å². The van der Waals surface area contributed by atoms with E-state index in [0.717, 1.165) is 37.1 Å². The van der Waals surface area contributed by atoms with Crippen LogP contribution in [-0.2, 0) is 17.9 Å². The Kier molecular flexibility index (Phi) is 5.61. The molecule has 7 heteroatoms. The van der Waals surface area contributed by atoms with Gasteiger partial charge in [-0.05, 0) is 49.6 Å². The molecule has 0 spiro atoms. The molecule has 2 aromatic carbocycles. The number of nitrogens with one attached hydrogen (secondary N) is 1. The maximum absolute atomic E-state index is 12.6. The van der Waals surface area contributed by atoms with E-state index in [9.17, 15) is 14.4 Å². The Bertz CT molecular complexity index is 1150. The maximum Gasteiger partial charge on any atom is 0.261 e. The van der Waals surface area contributed by atoms with Crippen LogP contribution in [-0.4, -0.2) is 39.4 Å². The van der Waals surface area contributed by atoms with Crippen LogP contribution in [0.3, 0.4) is 0 Å². The van der Waals surface area contributed by atoms with E-state index in [1.165, 1.54) is 10.9 Å². The number of aryl methyl sites for hydroxylation is 1. The predicted molar refractivity (Wildman–Crippen MR) is 114 cm³/mol. The molecule has 1 N–H and O–H groups in total. The number of fused-ring (bicyclic) bond motifs is 1. The number of benzene rings is 2. The van der Waals surface area contributed by atoms with Crippen LogP contribution in [0.25, 0.3) is 10.9 Å². The first-order chi connectivity index (χ1) is 14.5. The molecule has 0 bridgehead atoms. The number of hydrogen-bond donors (Lipinski definition) is 1. The molecular formula is C23H24N4O3. The first kappa shape index (κ1) is 19.8. The van der Waals surface area contributed by atoms with Gasteiger partial charge in [-0.2, -0.15) is 0 Å². The van der Waals surface area contributed by atoms with Gasteiger partial charge in [-0.15, -0.1) is 0 Å². The fourth-order valence-corrected chi connectivity index (χ4v) is 3.66. The quantitative estimate of drug-likeness (QED) is 0.707. The van der Waals surface area contributed by atoms with Crippen LogP contribution in [0.4, 0.5) is 0 Å². The van der Waals surface area contributed by atoms with Crippen molar-refractivity contribution in [2.24, 2.45) is 0 Å². The summed E-state index contributed by atoms with van der Waals surface area (Å²) in [6, 6.07) is 12.8. The predicted octanol–water partition coefficient (Wildman–Crippen LogP) is 2.26. The number of rotatable bonds is 5. The average Bonchev–Trinajstić information content (AvgIpc) is 3.29. The van der Waals surface area contributed by atoms with Gasteiger partial charge in [0, 0.05) is 25.2 Å². The summed E-state index contributed by atoms with van der Waals surface area (Å²) >= 11 is 0. The van der Waals surface area contributed by atoms with Gasteiger partial charge >= 0.3 is 0 Å². The smallest absolute Gasteiger partial charge is 0.261 e. The number of nitrogens with zero attached hydrogens (tertiary/aromatic N) is 3. The normalized spacial score (nSPS) is 13.6. The van der Waals surface area contributed by atoms with Gasteiger partial charge in [0.25, 0.3) is 11.5 Å². The molecule has 7 nitrogen and oxygen atoms in total. The Hall–Kier alpha value is -3.48. The second-order valence-corrected chi connectivity index (χ2v) is 7.67. The molecular weight excluding hydrogens is 380 g/mol. The molecule has 0 atom stereocenters. The van der Waals surface area contributed by atoms with E-state index in [4.69, 9.17) is 0 Å². The number of hydrogen-bond acceptors (Lipinski definition) is 4. The molecule has 0 saturated carbocycles. The summed E-state index contributed by atoms with van der Waals surface area (Å²) in [5.41, 5.74) is 2.90. The number of aromatic nitrogens is 2. The van der Waals surface area contributed by atoms with Crippen molar-refractivity contribution in [2.75, 3.05) is 13.1 Å². The fourth-order valence-electron chi connectivity index (χ4n) is 3.66. The topological polar surface area (TPSA) is 84.3 Å². The lowest BCUT2D eigenvalue weighted by molar-refractivity contribution is -0.121. The maximum atomic E-state index is 12.6. The van der Waals surface area contributed by atoms with E-state index in [1.807, 2.05) is 30.0 Å². The molecule has 4 rings (SSSR count). The number of likely N-dealkylation sites (tertiary alicyclic amines) is 1. The van der Waals surface area contributed by atoms with Crippen molar-refractivity contribution in [2.45, 2.75) is 32.9 Å². The third-order valence-corrected chi connectivity index (χ3v) is 5.38. The Morgan fingerprint density at radius 3 is 2.53 bits per heavy atom. The summed E-state index contributed by atoms with van der Waals surface area (Å²) in [4.78, 5) is 43.5. The Morgan fingerprint density at radius 1 is 1.07 bits per heavy atom. The lowest BCUT2D eigenvalue weighted by atomic mass is 10.1. The van der Waals surface area contributed by atoms with Crippen LogP contribution in [0.5, 0.6) is 0 Å². The van der Waals surface area contributed by atoms with E-state index in [1.54, 1.807) is 24.3 Å². The van der Waals surface area contributed by atoms with E-state index < -0.39 is 0 Å². The van der Waals surface area contributed by atoms with E-state index in [0.29, 0.717) is 23.0 Å². The summed E-state index contributed by atoms with van der Waals surface area (Å²) in [7, 11) is 0.